The number of ether oxygens (including phenoxy) is 2. The van der Waals surface area contributed by atoms with Crippen LogP contribution in [0.2, 0.25) is 0 Å². The van der Waals surface area contributed by atoms with E-state index in [0.717, 1.165) is 18.7 Å². The summed E-state index contributed by atoms with van der Waals surface area (Å²) in [5, 5.41) is 11.9. The number of amides is 1. The number of hydrogen-bond acceptors (Lipinski definition) is 5. The predicted molar refractivity (Wildman–Crippen MR) is 79.7 cm³/mol. The van der Waals surface area contributed by atoms with E-state index in [9.17, 15) is 19.1 Å². The molecule has 1 amide bonds. The van der Waals surface area contributed by atoms with Crippen LogP contribution in [0.15, 0.2) is 42.5 Å². The number of halogens is 1. The van der Waals surface area contributed by atoms with Gasteiger partial charge in [0, 0.05) is 6.07 Å². The maximum absolute atomic E-state index is 13.6. The van der Waals surface area contributed by atoms with Crippen LogP contribution in [0.3, 0.4) is 0 Å². The van der Waals surface area contributed by atoms with Crippen molar-refractivity contribution in [3.05, 3.63) is 59.4 Å². The van der Waals surface area contributed by atoms with Crippen LogP contribution in [0.4, 0.5) is 14.9 Å². The molecule has 0 spiro atoms. The van der Waals surface area contributed by atoms with Crippen LogP contribution in [-0.2, 0) is 16.1 Å². The van der Waals surface area contributed by atoms with Gasteiger partial charge in [0.2, 0.25) is 0 Å². The molecule has 2 aromatic carbocycles. The van der Waals surface area contributed by atoms with E-state index in [1.54, 1.807) is 24.3 Å². The van der Waals surface area contributed by atoms with Crippen LogP contribution in [-0.4, -0.2) is 24.3 Å². The quantitative estimate of drug-likeness (QED) is 0.668. The number of phenolic OH excluding ortho intramolecular Hbond substituents is 1. The number of rotatable bonds is 4. The Hall–Kier alpha value is -3.09. The zero-order chi connectivity index (χ0) is 16.8. The second kappa shape index (κ2) is 7.26. The molecule has 0 aliphatic carbocycles. The topological polar surface area (TPSA) is 84.9 Å². The van der Waals surface area contributed by atoms with Gasteiger partial charge in [-0.3, -0.25) is 5.32 Å². The largest absolute Gasteiger partial charge is 0.506 e. The summed E-state index contributed by atoms with van der Waals surface area (Å²) in [6, 6.07) is 10.7. The number of aromatic hydroxyl groups is 1. The van der Waals surface area contributed by atoms with Gasteiger partial charge in [-0.2, -0.15) is 0 Å². The normalized spacial score (nSPS) is 10.0. The molecule has 120 valence electrons. The van der Waals surface area contributed by atoms with E-state index in [-0.39, 0.29) is 12.3 Å². The molecular formula is C16H14FNO5. The van der Waals surface area contributed by atoms with Gasteiger partial charge in [-0.15, -0.1) is 0 Å². The molecule has 0 aliphatic heterocycles. The zero-order valence-electron chi connectivity index (χ0n) is 12.2. The maximum atomic E-state index is 13.6. The van der Waals surface area contributed by atoms with Crippen molar-refractivity contribution < 1.29 is 28.6 Å². The van der Waals surface area contributed by atoms with Crippen LogP contribution < -0.4 is 5.32 Å². The highest BCUT2D eigenvalue weighted by Crippen LogP contribution is 2.27. The lowest BCUT2D eigenvalue weighted by molar-refractivity contribution is 0.0595. The zero-order valence-corrected chi connectivity index (χ0v) is 12.2. The van der Waals surface area contributed by atoms with Crippen molar-refractivity contribution in [3.63, 3.8) is 0 Å². The Balaban J connectivity index is 2.07. The minimum Gasteiger partial charge on any atom is -0.506 e. The van der Waals surface area contributed by atoms with Gasteiger partial charge in [0.25, 0.3) is 0 Å². The second-order valence-electron chi connectivity index (χ2n) is 4.53. The highest BCUT2D eigenvalue weighted by Gasteiger charge is 2.17. The molecule has 6 nitrogen and oxygen atoms in total. The Morgan fingerprint density at radius 2 is 1.91 bits per heavy atom. The molecule has 0 aromatic heterocycles. The molecule has 0 atom stereocenters. The lowest BCUT2D eigenvalue weighted by Crippen LogP contribution is -2.15. The lowest BCUT2D eigenvalue weighted by Gasteiger charge is -2.10. The fraction of sp³-hybridized carbons (Fsp3) is 0.125. The van der Waals surface area contributed by atoms with E-state index in [0.29, 0.717) is 6.07 Å². The number of hydrogen-bond donors (Lipinski definition) is 2. The summed E-state index contributed by atoms with van der Waals surface area (Å²) in [6.45, 7) is 0.0263. The van der Waals surface area contributed by atoms with Crippen LogP contribution in [0, 0.1) is 5.82 Å². The number of carbonyl (C=O) groups excluding carboxylic acids is 2. The molecule has 7 heteroatoms. The minimum absolute atomic E-state index is 0.0263. The minimum atomic E-state index is -0.961. The molecule has 0 unspecified atom stereocenters. The first kappa shape index (κ1) is 16.3. The number of benzene rings is 2. The first-order valence-electron chi connectivity index (χ1n) is 6.59. The van der Waals surface area contributed by atoms with Gasteiger partial charge in [-0.25, -0.2) is 14.0 Å². The maximum Gasteiger partial charge on any atom is 0.412 e. The molecule has 0 saturated heterocycles. The average Bonchev–Trinajstić information content (AvgIpc) is 2.55. The molecule has 0 radical (unpaired) electrons. The Morgan fingerprint density at radius 3 is 2.57 bits per heavy atom. The second-order valence-corrected chi connectivity index (χ2v) is 4.53. The smallest absolute Gasteiger partial charge is 0.412 e. The Labute approximate surface area is 131 Å². The van der Waals surface area contributed by atoms with E-state index >= 15 is 0 Å². The predicted octanol–water partition coefficient (Wildman–Crippen LogP) is 3.07. The highest BCUT2D eigenvalue weighted by molar-refractivity contribution is 5.94. The van der Waals surface area contributed by atoms with E-state index in [1.165, 1.54) is 0 Å². The fourth-order valence-electron chi connectivity index (χ4n) is 1.80. The monoisotopic (exact) mass is 319 g/mol. The van der Waals surface area contributed by atoms with Crippen molar-refractivity contribution in [3.8, 4) is 5.75 Å². The van der Waals surface area contributed by atoms with Crippen molar-refractivity contribution in [2.24, 2.45) is 0 Å². The summed E-state index contributed by atoms with van der Waals surface area (Å²) in [6.07, 6.45) is -0.855. The van der Waals surface area contributed by atoms with Crippen LogP contribution in [0.1, 0.15) is 15.9 Å². The van der Waals surface area contributed by atoms with Crippen molar-refractivity contribution >= 4 is 17.7 Å². The van der Waals surface area contributed by atoms with Gasteiger partial charge in [-0.05, 0) is 11.6 Å². The van der Waals surface area contributed by atoms with Gasteiger partial charge >= 0.3 is 12.1 Å². The number of nitrogens with one attached hydrogen (secondary N) is 1. The number of methoxy groups -OCH3 is 1. The molecular weight excluding hydrogens is 305 g/mol. The van der Waals surface area contributed by atoms with Gasteiger partial charge in [0.1, 0.15) is 18.2 Å². The van der Waals surface area contributed by atoms with Crippen molar-refractivity contribution in [1.82, 2.24) is 0 Å². The summed E-state index contributed by atoms with van der Waals surface area (Å²) in [4.78, 5) is 23.1. The first-order valence-corrected chi connectivity index (χ1v) is 6.59. The average molecular weight is 319 g/mol. The molecule has 0 heterocycles. The van der Waals surface area contributed by atoms with Crippen LogP contribution in [0.25, 0.3) is 0 Å². The number of phenols is 1. The summed E-state index contributed by atoms with van der Waals surface area (Å²) >= 11 is 0. The molecule has 2 N–H and O–H groups in total. The van der Waals surface area contributed by atoms with E-state index < -0.39 is 29.2 Å². The Morgan fingerprint density at radius 1 is 1.22 bits per heavy atom. The molecule has 2 aromatic rings. The van der Waals surface area contributed by atoms with Crippen molar-refractivity contribution in [2.45, 2.75) is 6.61 Å². The van der Waals surface area contributed by atoms with E-state index in [4.69, 9.17) is 4.74 Å². The SMILES string of the molecule is COC(=O)c1cc(NC(=O)OCc2ccccc2)c(O)cc1F. The summed E-state index contributed by atoms with van der Waals surface area (Å²) in [7, 11) is 1.09. The summed E-state index contributed by atoms with van der Waals surface area (Å²) in [5.74, 6) is -2.42. The van der Waals surface area contributed by atoms with Crippen molar-refractivity contribution in [2.75, 3.05) is 12.4 Å². The fourth-order valence-corrected chi connectivity index (χ4v) is 1.80. The van der Waals surface area contributed by atoms with Crippen molar-refractivity contribution in [1.29, 1.82) is 0 Å². The molecule has 2 rings (SSSR count). The lowest BCUT2D eigenvalue weighted by atomic mass is 10.1. The third kappa shape index (κ3) is 4.19. The van der Waals surface area contributed by atoms with E-state index in [2.05, 4.69) is 10.1 Å². The first-order chi connectivity index (χ1) is 11.0. The van der Waals surface area contributed by atoms with Gasteiger partial charge in [0.05, 0.1) is 18.4 Å². The van der Waals surface area contributed by atoms with Gasteiger partial charge in [0.15, 0.2) is 0 Å². The molecule has 0 bridgehead atoms. The van der Waals surface area contributed by atoms with Crippen LogP contribution in [0.5, 0.6) is 5.75 Å². The van der Waals surface area contributed by atoms with Crippen LogP contribution >= 0.6 is 0 Å². The number of esters is 1. The van der Waals surface area contributed by atoms with Gasteiger partial charge < -0.3 is 14.6 Å². The third-order valence-corrected chi connectivity index (χ3v) is 2.94. The highest BCUT2D eigenvalue weighted by atomic mass is 19.1. The third-order valence-electron chi connectivity index (χ3n) is 2.94. The molecule has 0 aliphatic rings. The molecule has 23 heavy (non-hydrogen) atoms. The Kier molecular flexibility index (Phi) is 5.14. The molecule has 0 saturated carbocycles. The number of anilines is 1. The summed E-state index contributed by atoms with van der Waals surface area (Å²) in [5.41, 5.74) is 0.203. The number of carbonyl (C=O) groups is 2. The van der Waals surface area contributed by atoms with E-state index in [1.807, 2.05) is 6.07 Å². The Bertz CT molecular complexity index is 718. The summed E-state index contributed by atoms with van der Waals surface area (Å²) < 4.78 is 23.0. The molecule has 0 fully saturated rings. The standard InChI is InChI=1S/C16H14FNO5/c1-22-15(20)11-7-13(14(19)8-12(11)17)18-16(21)23-9-10-5-3-2-4-6-10/h2-8,19H,9H2,1H3,(H,18,21). The van der Waals surface area contributed by atoms with Gasteiger partial charge in [-0.1, -0.05) is 30.3 Å².